The lowest BCUT2D eigenvalue weighted by Crippen LogP contribution is -2.36. The predicted octanol–water partition coefficient (Wildman–Crippen LogP) is 0.625. The van der Waals surface area contributed by atoms with Gasteiger partial charge in [-0.05, 0) is 32.9 Å². The molecule has 1 atom stereocenters. The van der Waals surface area contributed by atoms with Crippen molar-refractivity contribution in [3.63, 3.8) is 0 Å². The predicted molar refractivity (Wildman–Crippen MR) is 90.5 cm³/mol. The molecule has 0 heterocycles. The van der Waals surface area contributed by atoms with Gasteiger partial charge >= 0.3 is 5.97 Å². The lowest BCUT2D eigenvalue weighted by Gasteiger charge is -2.13. The van der Waals surface area contributed by atoms with Gasteiger partial charge in [0.2, 0.25) is 10.0 Å². The Morgan fingerprint density at radius 3 is 2.28 bits per heavy atom. The highest BCUT2D eigenvalue weighted by molar-refractivity contribution is 7.89. The second kappa shape index (κ2) is 9.28. The molecule has 8 nitrogen and oxygen atoms in total. The van der Waals surface area contributed by atoms with Crippen LogP contribution in [0.2, 0.25) is 0 Å². The third kappa shape index (κ3) is 6.63. The molecule has 0 saturated heterocycles. The second-order valence-corrected chi connectivity index (χ2v) is 7.02. The summed E-state index contributed by atoms with van der Waals surface area (Å²) in [7, 11) is -3.80. The van der Waals surface area contributed by atoms with E-state index in [1.165, 1.54) is 38.1 Å². The summed E-state index contributed by atoms with van der Waals surface area (Å²) in [5, 5.41) is 2.51. The Hall–Kier alpha value is -2.26. The first-order chi connectivity index (χ1) is 11.7. The molecule has 0 aromatic heterocycles. The molecule has 0 saturated carbocycles. The zero-order valence-corrected chi connectivity index (χ0v) is 15.2. The molecule has 138 valence electrons. The molecule has 0 aliphatic rings. The molecule has 0 fully saturated rings. The number of sulfonamides is 1. The van der Waals surface area contributed by atoms with Crippen LogP contribution in [0.1, 0.15) is 37.6 Å². The maximum atomic E-state index is 12.1. The molecule has 1 aromatic rings. The monoisotopic (exact) mass is 370 g/mol. The molecular weight excluding hydrogens is 348 g/mol. The highest BCUT2D eigenvalue weighted by Gasteiger charge is 2.18. The summed E-state index contributed by atoms with van der Waals surface area (Å²) in [4.78, 5) is 34.3. The minimum Gasteiger partial charge on any atom is -0.453 e. The Labute approximate surface area is 147 Å². The number of esters is 1. The Kier molecular flexibility index (Phi) is 7.72. The zero-order valence-electron chi connectivity index (χ0n) is 14.4. The first kappa shape index (κ1) is 20.8. The van der Waals surface area contributed by atoms with Gasteiger partial charge in [0.15, 0.2) is 11.9 Å². The molecule has 0 spiro atoms. The fourth-order valence-corrected chi connectivity index (χ4v) is 2.90. The van der Waals surface area contributed by atoms with Gasteiger partial charge in [0.05, 0.1) is 11.3 Å². The van der Waals surface area contributed by atoms with E-state index in [1.54, 1.807) is 6.92 Å². The van der Waals surface area contributed by atoms with Crippen molar-refractivity contribution in [3.8, 4) is 0 Å². The topological polar surface area (TPSA) is 119 Å². The van der Waals surface area contributed by atoms with Gasteiger partial charge in [0, 0.05) is 18.7 Å². The fourth-order valence-electron chi connectivity index (χ4n) is 1.87. The Bertz CT molecular complexity index is 727. The number of ketones is 1. The van der Waals surface area contributed by atoms with Crippen LogP contribution in [0.15, 0.2) is 29.2 Å². The Balaban J connectivity index is 2.52. The largest absolute Gasteiger partial charge is 0.453 e. The summed E-state index contributed by atoms with van der Waals surface area (Å²) in [6, 6.07) is 5.46. The van der Waals surface area contributed by atoms with Gasteiger partial charge < -0.3 is 10.1 Å². The van der Waals surface area contributed by atoms with Crippen LogP contribution in [-0.2, 0) is 24.3 Å². The van der Waals surface area contributed by atoms with E-state index in [1.807, 2.05) is 0 Å². The summed E-state index contributed by atoms with van der Waals surface area (Å²) in [5.74, 6) is -1.27. The highest BCUT2D eigenvalue weighted by Crippen LogP contribution is 2.11. The smallest absolute Gasteiger partial charge is 0.307 e. The lowest BCUT2D eigenvalue weighted by atomic mass is 10.2. The summed E-state index contributed by atoms with van der Waals surface area (Å²) >= 11 is 0. The van der Waals surface area contributed by atoms with Crippen LogP contribution in [0.3, 0.4) is 0 Å². The number of ether oxygens (including phenoxy) is 1. The van der Waals surface area contributed by atoms with Gasteiger partial charge in [-0.1, -0.05) is 12.1 Å². The summed E-state index contributed by atoms with van der Waals surface area (Å²) in [6.07, 6.45) is -1.16. The molecule has 0 radical (unpaired) electrons. The maximum Gasteiger partial charge on any atom is 0.307 e. The average molecular weight is 370 g/mol. The van der Waals surface area contributed by atoms with Gasteiger partial charge in [-0.25, -0.2) is 13.1 Å². The summed E-state index contributed by atoms with van der Waals surface area (Å²) in [5.41, 5.74) is 0.405. The van der Waals surface area contributed by atoms with Crippen LogP contribution in [0.5, 0.6) is 0 Å². The normalized spacial score (nSPS) is 12.3. The van der Waals surface area contributed by atoms with Crippen LogP contribution in [-0.4, -0.2) is 45.3 Å². The van der Waals surface area contributed by atoms with Gasteiger partial charge in [-0.2, -0.15) is 0 Å². The summed E-state index contributed by atoms with van der Waals surface area (Å²) < 4.78 is 31.4. The van der Waals surface area contributed by atoms with Crippen LogP contribution in [0.25, 0.3) is 0 Å². The van der Waals surface area contributed by atoms with Crippen molar-refractivity contribution in [1.29, 1.82) is 0 Å². The molecule has 1 aromatic carbocycles. The molecule has 9 heteroatoms. The van der Waals surface area contributed by atoms with E-state index in [9.17, 15) is 22.8 Å². The number of hydrogen-bond acceptors (Lipinski definition) is 6. The third-order valence-electron chi connectivity index (χ3n) is 3.22. The van der Waals surface area contributed by atoms with Gasteiger partial charge in [-0.15, -0.1) is 0 Å². The number of Topliss-reactive ketones (excluding diaryl/α,β-unsaturated/α-hetero) is 1. The number of hydrogen-bond donors (Lipinski definition) is 2. The SMILES string of the molecule is CCNC(=O)[C@H](C)OC(=O)CCNS(=O)(=O)c1ccc(C(C)=O)cc1. The van der Waals surface area contributed by atoms with Gasteiger partial charge in [0.25, 0.3) is 5.91 Å². The average Bonchev–Trinajstić information content (AvgIpc) is 2.54. The first-order valence-corrected chi connectivity index (χ1v) is 9.23. The van der Waals surface area contributed by atoms with Crippen LogP contribution < -0.4 is 10.0 Å². The molecule has 0 aliphatic carbocycles. The van der Waals surface area contributed by atoms with Gasteiger partial charge in [0.1, 0.15) is 0 Å². The van der Waals surface area contributed by atoms with Crippen molar-refractivity contribution in [3.05, 3.63) is 29.8 Å². The molecule has 0 aliphatic heterocycles. The van der Waals surface area contributed by atoms with Gasteiger partial charge in [-0.3, -0.25) is 14.4 Å². The fraction of sp³-hybridized carbons (Fsp3) is 0.438. The molecule has 1 rings (SSSR count). The van der Waals surface area contributed by atoms with Crippen molar-refractivity contribution in [1.82, 2.24) is 10.0 Å². The standard InChI is InChI=1S/C16H22N2O6S/c1-4-17-16(21)12(3)24-15(20)9-10-18-25(22,23)14-7-5-13(6-8-14)11(2)19/h5-8,12,18H,4,9-10H2,1-3H3,(H,17,21)/t12-/m0/s1. The first-order valence-electron chi connectivity index (χ1n) is 7.75. The van der Waals surface area contributed by atoms with E-state index < -0.39 is 28.0 Å². The third-order valence-corrected chi connectivity index (χ3v) is 4.70. The number of likely N-dealkylation sites (N-methyl/N-ethyl adjacent to an activating group) is 1. The molecule has 0 unspecified atom stereocenters. The van der Waals surface area contributed by atoms with Crippen molar-refractivity contribution in [2.24, 2.45) is 0 Å². The molecule has 0 bridgehead atoms. The van der Waals surface area contributed by atoms with Crippen molar-refractivity contribution in [2.45, 2.75) is 38.2 Å². The van der Waals surface area contributed by atoms with Crippen LogP contribution >= 0.6 is 0 Å². The lowest BCUT2D eigenvalue weighted by molar-refractivity contribution is -0.154. The number of carbonyl (C=O) groups is 3. The van der Waals surface area contributed by atoms with Crippen molar-refractivity contribution >= 4 is 27.7 Å². The van der Waals surface area contributed by atoms with E-state index in [0.29, 0.717) is 12.1 Å². The maximum absolute atomic E-state index is 12.1. The van der Waals surface area contributed by atoms with E-state index in [4.69, 9.17) is 4.74 Å². The number of nitrogens with one attached hydrogen (secondary N) is 2. The molecule has 25 heavy (non-hydrogen) atoms. The second-order valence-electron chi connectivity index (χ2n) is 5.26. The van der Waals surface area contributed by atoms with Crippen LogP contribution in [0.4, 0.5) is 0 Å². The molecule has 1 amide bonds. The number of carbonyl (C=O) groups excluding carboxylic acids is 3. The van der Waals surface area contributed by atoms with E-state index in [2.05, 4.69) is 10.0 Å². The van der Waals surface area contributed by atoms with E-state index >= 15 is 0 Å². The zero-order chi connectivity index (χ0) is 19.0. The minimum absolute atomic E-state index is 0.0124. The highest BCUT2D eigenvalue weighted by atomic mass is 32.2. The van der Waals surface area contributed by atoms with Crippen LogP contribution in [0, 0.1) is 0 Å². The number of rotatable bonds is 9. The minimum atomic E-state index is -3.80. The number of benzene rings is 1. The van der Waals surface area contributed by atoms with E-state index in [0.717, 1.165) is 0 Å². The Morgan fingerprint density at radius 1 is 1.16 bits per heavy atom. The summed E-state index contributed by atoms with van der Waals surface area (Å²) in [6.45, 7) is 4.81. The molecular formula is C16H22N2O6S. The quantitative estimate of drug-likeness (QED) is 0.486. The van der Waals surface area contributed by atoms with Crippen molar-refractivity contribution in [2.75, 3.05) is 13.1 Å². The Morgan fingerprint density at radius 2 is 1.76 bits per heavy atom. The van der Waals surface area contributed by atoms with E-state index in [-0.39, 0.29) is 23.6 Å². The van der Waals surface area contributed by atoms with Crippen molar-refractivity contribution < 1.29 is 27.5 Å². The number of amides is 1. The molecule has 2 N–H and O–H groups in total.